The molecule has 1 aromatic carbocycles. The summed E-state index contributed by atoms with van der Waals surface area (Å²) in [6.45, 7) is 4.52. The van der Waals surface area contributed by atoms with Crippen LogP contribution < -0.4 is 15.8 Å². The highest BCUT2D eigenvalue weighted by molar-refractivity contribution is 5.98. The number of methoxy groups -OCH3 is 2. The Labute approximate surface area is 114 Å². The molecule has 0 aliphatic heterocycles. The maximum Gasteiger partial charge on any atom is 0.255 e. The molecular weight excluding hydrogens is 244 g/mol. The Hall–Kier alpha value is -1.75. The quantitative estimate of drug-likeness (QED) is 0.768. The van der Waals surface area contributed by atoms with Gasteiger partial charge in [-0.15, -0.1) is 0 Å². The normalized spacial score (nSPS) is 12.3. The summed E-state index contributed by atoms with van der Waals surface area (Å²) in [7, 11) is 3.14. The van der Waals surface area contributed by atoms with Crippen LogP contribution in [0, 0.1) is 5.92 Å². The van der Waals surface area contributed by atoms with Gasteiger partial charge in [0, 0.05) is 12.8 Å². The van der Waals surface area contributed by atoms with Gasteiger partial charge in [0.05, 0.1) is 25.3 Å². The standard InChI is InChI=1S/C14H22N2O3/c1-9(2)12(8-18-3)16-14(17)11-7-10(15)5-6-13(11)19-4/h5-7,9,12H,8,15H2,1-4H3,(H,16,17). The molecule has 1 unspecified atom stereocenters. The van der Waals surface area contributed by atoms with E-state index in [2.05, 4.69) is 5.32 Å². The summed E-state index contributed by atoms with van der Waals surface area (Å²) < 4.78 is 10.3. The lowest BCUT2D eigenvalue weighted by molar-refractivity contribution is 0.0864. The van der Waals surface area contributed by atoms with Crippen LogP contribution in [0.3, 0.4) is 0 Å². The molecule has 0 aliphatic rings. The summed E-state index contributed by atoms with van der Waals surface area (Å²) in [6.07, 6.45) is 0. The molecular formula is C14H22N2O3. The van der Waals surface area contributed by atoms with E-state index in [9.17, 15) is 4.79 Å². The number of carbonyl (C=O) groups excluding carboxylic acids is 1. The van der Waals surface area contributed by atoms with E-state index < -0.39 is 0 Å². The fraction of sp³-hybridized carbons (Fsp3) is 0.500. The molecule has 1 amide bonds. The second-order valence-electron chi connectivity index (χ2n) is 4.74. The molecule has 19 heavy (non-hydrogen) atoms. The van der Waals surface area contributed by atoms with Crippen LogP contribution in [0.2, 0.25) is 0 Å². The van der Waals surface area contributed by atoms with Crippen molar-refractivity contribution in [1.29, 1.82) is 0 Å². The first-order chi connectivity index (χ1) is 8.99. The van der Waals surface area contributed by atoms with Crippen molar-refractivity contribution in [3.8, 4) is 5.75 Å². The number of benzene rings is 1. The van der Waals surface area contributed by atoms with Crippen molar-refractivity contribution >= 4 is 11.6 Å². The van der Waals surface area contributed by atoms with Gasteiger partial charge in [0.1, 0.15) is 5.75 Å². The number of nitrogen functional groups attached to an aromatic ring is 1. The average Bonchev–Trinajstić information content (AvgIpc) is 2.37. The summed E-state index contributed by atoms with van der Waals surface area (Å²) >= 11 is 0. The van der Waals surface area contributed by atoms with Gasteiger partial charge >= 0.3 is 0 Å². The lowest BCUT2D eigenvalue weighted by Gasteiger charge is -2.22. The third-order valence-electron chi connectivity index (χ3n) is 2.94. The van der Waals surface area contributed by atoms with Crippen LogP contribution in [-0.2, 0) is 4.74 Å². The molecule has 0 heterocycles. The van der Waals surface area contributed by atoms with Crippen molar-refractivity contribution in [3.05, 3.63) is 23.8 Å². The molecule has 0 saturated heterocycles. The molecule has 1 aromatic rings. The van der Waals surface area contributed by atoms with Crippen molar-refractivity contribution < 1.29 is 14.3 Å². The molecule has 0 radical (unpaired) electrons. The number of ether oxygens (including phenoxy) is 2. The largest absolute Gasteiger partial charge is 0.496 e. The van der Waals surface area contributed by atoms with Gasteiger partial charge in [0.15, 0.2) is 0 Å². The highest BCUT2D eigenvalue weighted by Gasteiger charge is 2.19. The number of rotatable bonds is 6. The van der Waals surface area contributed by atoms with E-state index in [1.54, 1.807) is 25.3 Å². The number of carbonyl (C=O) groups is 1. The molecule has 0 fully saturated rings. The van der Waals surface area contributed by atoms with E-state index in [1.807, 2.05) is 13.8 Å². The minimum Gasteiger partial charge on any atom is -0.496 e. The Balaban J connectivity index is 2.90. The van der Waals surface area contributed by atoms with Crippen molar-refractivity contribution in [3.63, 3.8) is 0 Å². The molecule has 0 spiro atoms. The summed E-state index contributed by atoms with van der Waals surface area (Å²) in [6, 6.07) is 4.94. The zero-order valence-electron chi connectivity index (χ0n) is 11.9. The molecule has 106 valence electrons. The topological polar surface area (TPSA) is 73.6 Å². The number of hydrogen-bond donors (Lipinski definition) is 2. The van der Waals surface area contributed by atoms with Crippen LogP contribution in [0.4, 0.5) is 5.69 Å². The summed E-state index contributed by atoms with van der Waals surface area (Å²) in [5.41, 5.74) is 6.67. The van der Waals surface area contributed by atoms with Crippen molar-refractivity contribution in [2.24, 2.45) is 5.92 Å². The molecule has 0 bridgehead atoms. The highest BCUT2D eigenvalue weighted by Crippen LogP contribution is 2.21. The summed E-state index contributed by atoms with van der Waals surface area (Å²) in [5.74, 6) is 0.572. The smallest absolute Gasteiger partial charge is 0.255 e. The molecule has 1 rings (SSSR count). The van der Waals surface area contributed by atoms with Crippen LogP contribution >= 0.6 is 0 Å². The van der Waals surface area contributed by atoms with Crippen LogP contribution in [0.1, 0.15) is 24.2 Å². The monoisotopic (exact) mass is 266 g/mol. The second-order valence-corrected chi connectivity index (χ2v) is 4.74. The second kappa shape index (κ2) is 6.99. The van der Waals surface area contributed by atoms with E-state index >= 15 is 0 Å². The van der Waals surface area contributed by atoms with Crippen molar-refractivity contribution in [2.75, 3.05) is 26.6 Å². The van der Waals surface area contributed by atoms with Crippen LogP contribution in [0.25, 0.3) is 0 Å². The number of hydrogen-bond acceptors (Lipinski definition) is 4. The van der Waals surface area contributed by atoms with Crippen LogP contribution in [0.15, 0.2) is 18.2 Å². The van der Waals surface area contributed by atoms with E-state index in [1.165, 1.54) is 7.11 Å². The van der Waals surface area contributed by atoms with Gasteiger partial charge in [0.25, 0.3) is 5.91 Å². The predicted molar refractivity (Wildman–Crippen MR) is 75.4 cm³/mol. The maximum atomic E-state index is 12.3. The van der Waals surface area contributed by atoms with Gasteiger partial charge in [-0.2, -0.15) is 0 Å². The minimum atomic E-state index is -0.208. The van der Waals surface area contributed by atoms with E-state index in [0.717, 1.165) is 0 Å². The first kappa shape index (κ1) is 15.3. The highest BCUT2D eigenvalue weighted by atomic mass is 16.5. The number of nitrogens with two attached hydrogens (primary N) is 1. The first-order valence-electron chi connectivity index (χ1n) is 6.23. The number of anilines is 1. The number of nitrogens with one attached hydrogen (secondary N) is 1. The summed E-state index contributed by atoms with van der Waals surface area (Å²) in [5, 5.41) is 2.94. The molecule has 3 N–H and O–H groups in total. The van der Waals surface area contributed by atoms with Gasteiger partial charge in [-0.1, -0.05) is 13.8 Å². The van der Waals surface area contributed by atoms with Crippen molar-refractivity contribution in [2.45, 2.75) is 19.9 Å². The maximum absolute atomic E-state index is 12.3. The molecule has 0 aromatic heterocycles. The van der Waals surface area contributed by atoms with Crippen LogP contribution in [-0.4, -0.2) is 32.8 Å². The fourth-order valence-electron chi connectivity index (χ4n) is 1.73. The SMILES string of the molecule is COCC(NC(=O)c1cc(N)ccc1OC)C(C)C. The molecule has 0 aliphatic carbocycles. The average molecular weight is 266 g/mol. The molecule has 0 saturated carbocycles. The zero-order valence-corrected chi connectivity index (χ0v) is 11.9. The Kier molecular flexibility index (Phi) is 5.63. The van der Waals surface area contributed by atoms with E-state index in [4.69, 9.17) is 15.2 Å². The third-order valence-corrected chi connectivity index (χ3v) is 2.94. The Morgan fingerprint density at radius 1 is 1.37 bits per heavy atom. The lowest BCUT2D eigenvalue weighted by atomic mass is 10.0. The third kappa shape index (κ3) is 4.13. The van der Waals surface area contributed by atoms with E-state index in [-0.39, 0.29) is 17.9 Å². The first-order valence-corrected chi connectivity index (χ1v) is 6.23. The summed E-state index contributed by atoms with van der Waals surface area (Å²) in [4.78, 5) is 12.3. The fourth-order valence-corrected chi connectivity index (χ4v) is 1.73. The Bertz CT molecular complexity index is 433. The van der Waals surface area contributed by atoms with E-state index in [0.29, 0.717) is 23.6 Å². The lowest BCUT2D eigenvalue weighted by Crippen LogP contribution is -2.41. The van der Waals surface area contributed by atoms with Crippen molar-refractivity contribution in [1.82, 2.24) is 5.32 Å². The molecule has 5 nitrogen and oxygen atoms in total. The minimum absolute atomic E-state index is 0.0522. The Morgan fingerprint density at radius 2 is 2.05 bits per heavy atom. The Morgan fingerprint density at radius 3 is 2.58 bits per heavy atom. The number of amides is 1. The molecule has 5 heteroatoms. The zero-order chi connectivity index (χ0) is 14.4. The van der Waals surface area contributed by atoms with Crippen LogP contribution in [0.5, 0.6) is 5.75 Å². The predicted octanol–water partition coefficient (Wildman–Crippen LogP) is 1.68. The van der Waals surface area contributed by atoms with Gasteiger partial charge < -0.3 is 20.5 Å². The van der Waals surface area contributed by atoms with Gasteiger partial charge in [-0.05, 0) is 24.1 Å². The van der Waals surface area contributed by atoms with Gasteiger partial charge in [-0.25, -0.2) is 0 Å². The van der Waals surface area contributed by atoms with Gasteiger partial charge in [0.2, 0.25) is 0 Å². The molecule has 1 atom stereocenters. The van der Waals surface area contributed by atoms with Gasteiger partial charge in [-0.3, -0.25) is 4.79 Å².